The molecule has 1 aromatic carbocycles. The van der Waals surface area contributed by atoms with Crippen molar-refractivity contribution in [1.82, 2.24) is 19.8 Å². The number of fused-ring (bicyclic) bond motifs is 1. The fraction of sp³-hybridized carbons (Fsp3) is 0.550. The third-order valence-corrected chi connectivity index (χ3v) is 5.84. The molecule has 8 nitrogen and oxygen atoms in total. The van der Waals surface area contributed by atoms with E-state index in [4.69, 9.17) is 4.74 Å². The van der Waals surface area contributed by atoms with Crippen molar-refractivity contribution in [3.63, 3.8) is 0 Å². The molecule has 0 saturated carbocycles. The normalized spacial score (nSPS) is 21.2. The Morgan fingerprint density at radius 1 is 1.11 bits per heavy atom. The Labute approximate surface area is 162 Å². The van der Waals surface area contributed by atoms with Crippen molar-refractivity contribution in [2.45, 2.75) is 44.2 Å². The Balaban J connectivity index is 1.81. The number of ether oxygens (including phenoxy) is 1. The summed E-state index contributed by atoms with van der Waals surface area (Å²) in [4.78, 5) is 37.1. The molecule has 4 rings (SSSR count). The standard InChI is InChI=1S/C20H26N4O4/c1-28-11-10-23-17-12-14(13-6-8-21-9-7-13)2-3-15(17)24(20(23)27)16-4-5-18(25)22-19(16)26/h2-3,12-13,16,21H,4-11H2,1H3,(H,22,25,26). The fourth-order valence-electron chi connectivity index (χ4n) is 4.33. The van der Waals surface area contributed by atoms with Crippen molar-refractivity contribution in [1.29, 1.82) is 0 Å². The molecule has 0 aliphatic carbocycles. The van der Waals surface area contributed by atoms with Gasteiger partial charge in [-0.05, 0) is 56.0 Å². The van der Waals surface area contributed by atoms with Crippen LogP contribution in [-0.4, -0.2) is 47.8 Å². The van der Waals surface area contributed by atoms with Crippen molar-refractivity contribution in [3.05, 3.63) is 34.2 Å². The molecule has 2 amide bonds. The van der Waals surface area contributed by atoms with Crippen molar-refractivity contribution >= 4 is 22.8 Å². The average Bonchev–Trinajstić information content (AvgIpc) is 2.98. The average molecular weight is 386 g/mol. The van der Waals surface area contributed by atoms with E-state index in [9.17, 15) is 14.4 Å². The minimum Gasteiger partial charge on any atom is -0.383 e. The molecular weight excluding hydrogens is 360 g/mol. The van der Waals surface area contributed by atoms with Gasteiger partial charge >= 0.3 is 5.69 Å². The molecule has 2 aromatic rings. The van der Waals surface area contributed by atoms with Gasteiger partial charge in [0, 0.05) is 13.5 Å². The first-order chi connectivity index (χ1) is 13.6. The van der Waals surface area contributed by atoms with Crippen LogP contribution in [0.1, 0.15) is 43.2 Å². The van der Waals surface area contributed by atoms with Crippen LogP contribution in [0.3, 0.4) is 0 Å². The Morgan fingerprint density at radius 2 is 1.89 bits per heavy atom. The van der Waals surface area contributed by atoms with Gasteiger partial charge in [0.25, 0.3) is 0 Å². The van der Waals surface area contributed by atoms with Gasteiger partial charge in [0.2, 0.25) is 11.8 Å². The second-order valence-corrected chi connectivity index (χ2v) is 7.54. The molecule has 2 fully saturated rings. The highest BCUT2D eigenvalue weighted by molar-refractivity contribution is 6.00. The topological polar surface area (TPSA) is 94.4 Å². The lowest BCUT2D eigenvalue weighted by Crippen LogP contribution is -2.44. The zero-order chi connectivity index (χ0) is 19.7. The molecule has 0 radical (unpaired) electrons. The summed E-state index contributed by atoms with van der Waals surface area (Å²) in [5, 5.41) is 5.73. The van der Waals surface area contributed by atoms with Crippen LogP contribution < -0.4 is 16.3 Å². The van der Waals surface area contributed by atoms with Crippen LogP contribution >= 0.6 is 0 Å². The van der Waals surface area contributed by atoms with Crippen LogP contribution in [0, 0.1) is 0 Å². The number of nitrogens with one attached hydrogen (secondary N) is 2. The van der Waals surface area contributed by atoms with E-state index in [0.717, 1.165) is 37.0 Å². The van der Waals surface area contributed by atoms with Crippen molar-refractivity contribution in [3.8, 4) is 0 Å². The SMILES string of the molecule is COCCn1c(=O)n(C2CCC(=O)NC2=O)c2ccc(C3CCNCC3)cc21. The quantitative estimate of drug-likeness (QED) is 0.745. The third kappa shape index (κ3) is 3.38. The summed E-state index contributed by atoms with van der Waals surface area (Å²) in [5.41, 5.74) is 2.54. The maximum absolute atomic E-state index is 13.2. The van der Waals surface area contributed by atoms with E-state index >= 15 is 0 Å². The predicted octanol–water partition coefficient (Wildman–Crippen LogP) is 0.894. The van der Waals surface area contributed by atoms with Gasteiger partial charge in [0.1, 0.15) is 6.04 Å². The van der Waals surface area contributed by atoms with Crippen LogP contribution in [0.15, 0.2) is 23.0 Å². The van der Waals surface area contributed by atoms with Crippen molar-refractivity contribution in [2.75, 3.05) is 26.8 Å². The largest absolute Gasteiger partial charge is 0.383 e. The number of piperidine rings is 2. The molecule has 1 aromatic heterocycles. The third-order valence-electron chi connectivity index (χ3n) is 5.84. The van der Waals surface area contributed by atoms with E-state index < -0.39 is 11.9 Å². The van der Waals surface area contributed by atoms with E-state index in [1.165, 1.54) is 5.56 Å². The Kier molecular flexibility index (Phi) is 5.32. The zero-order valence-electron chi connectivity index (χ0n) is 16.1. The smallest absolute Gasteiger partial charge is 0.329 e. The second kappa shape index (κ2) is 7.89. The van der Waals surface area contributed by atoms with E-state index in [2.05, 4.69) is 22.8 Å². The first-order valence-corrected chi connectivity index (χ1v) is 9.88. The molecule has 2 saturated heterocycles. The van der Waals surface area contributed by atoms with Gasteiger partial charge in [-0.15, -0.1) is 0 Å². The lowest BCUT2D eigenvalue weighted by atomic mass is 9.90. The summed E-state index contributed by atoms with van der Waals surface area (Å²) in [5.74, 6) is -0.229. The van der Waals surface area contributed by atoms with Crippen molar-refractivity contribution in [2.24, 2.45) is 0 Å². The molecule has 2 aliphatic rings. The lowest BCUT2D eigenvalue weighted by molar-refractivity contribution is -0.135. The van der Waals surface area contributed by atoms with Gasteiger partial charge in [-0.3, -0.25) is 24.0 Å². The maximum atomic E-state index is 13.2. The van der Waals surface area contributed by atoms with E-state index in [-0.39, 0.29) is 18.0 Å². The van der Waals surface area contributed by atoms with Crippen LogP contribution in [0.25, 0.3) is 11.0 Å². The minimum absolute atomic E-state index is 0.232. The molecule has 2 N–H and O–H groups in total. The molecule has 150 valence electrons. The number of aromatic nitrogens is 2. The van der Waals surface area contributed by atoms with E-state index in [1.807, 2.05) is 6.07 Å². The summed E-state index contributed by atoms with van der Waals surface area (Å²) in [6.07, 6.45) is 2.72. The maximum Gasteiger partial charge on any atom is 0.329 e. The Hall–Kier alpha value is -2.45. The molecule has 1 atom stereocenters. The van der Waals surface area contributed by atoms with E-state index in [1.54, 1.807) is 16.2 Å². The van der Waals surface area contributed by atoms with Gasteiger partial charge < -0.3 is 10.1 Å². The number of amides is 2. The number of methoxy groups -OCH3 is 1. The summed E-state index contributed by atoms with van der Waals surface area (Å²) in [6.45, 7) is 2.82. The minimum atomic E-state index is -0.666. The Morgan fingerprint density at radius 3 is 2.61 bits per heavy atom. The summed E-state index contributed by atoms with van der Waals surface area (Å²) in [6, 6.07) is 5.44. The number of carbonyl (C=O) groups is 2. The molecule has 2 aliphatic heterocycles. The van der Waals surface area contributed by atoms with Crippen LogP contribution in [0.4, 0.5) is 0 Å². The molecule has 8 heteroatoms. The fourth-order valence-corrected chi connectivity index (χ4v) is 4.33. The first-order valence-electron chi connectivity index (χ1n) is 9.88. The molecule has 28 heavy (non-hydrogen) atoms. The Bertz CT molecular complexity index is 955. The number of rotatable bonds is 5. The highest BCUT2D eigenvalue weighted by Gasteiger charge is 2.31. The number of imide groups is 1. The van der Waals surface area contributed by atoms with Crippen molar-refractivity contribution < 1.29 is 14.3 Å². The number of hydrogen-bond donors (Lipinski definition) is 2. The first kappa shape index (κ1) is 18.9. The highest BCUT2D eigenvalue weighted by atomic mass is 16.5. The molecular formula is C20H26N4O4. The number of nitrogens with zero attached hydrogens (tertiary/aromatic N) is 2. The molecule has 1 unspecified atom stereocenters. The van der Waals surface area contributed by atoms with Gasteiger partial charge in [0.15, 0.2) is 0 Å². The molecule has 3 heterocycles. The lowest BCUT2D eigenvalue weighted by Gasteiger charge is -2.23. The van der Waals surface area contributed by atoms with Crippen LogP contribution in [0.2, 0.25) is 0 Å². The van der Waals surface area contributed by atoms with E-state index in [0.29, 0.717) is 25.5 Å². The van der Waals surface area contributed by atoms with Crippen LogP contribution in [-0.2, 0) is 20.9 Å². The van der Waals surface area contributed by atoms with Gasteiger partial charge in [-0.2, -0.15) is 0 Å². The number of imidazole rings is 1. The second-order valence-electron chi connectivity index (χ2n) is 7.54. The number of carbonyl (C=O) groups excluding carboxylic acids is 2. The van der Waals surface area contributed by atoms with Gasteiger partial charge in [-0.1, -0.05) is 6.07 Å². The number of hydrogen-bond acceptors (Lipinski definition) is 5. The summed E-state index contributed by atoms with van der Waals surface area (Å²) >= 11 is 0. The predicted molar refractivity (Wildman–Crippen MR) is 104 cm³/mol. The van der Waals surface area contributed by atoms with Crippen LogP contribution in [0.5, 0.6) is 0 Å². The molecule has 0 spiro atoms. The highest BCUT2D eigenvalue weighted by Crippen LogP contribution is 2.29. The summed E-state index contributed by atoms with van der Waals surface area (Å²) < 4.78 is 8.41. The zero-order valence-corrected chi connectivity index (χ0v) is 16.1. The monoisotopic (exact) mass is 386 g/mol. The van der Waals surface area contributed by atoms with Gasteiger partial charge in [0.05, 0.1) is 24.2 Å². The van der Waals surface area contributed by atoms with Gasteiger partial charge in [-0.25, -0.2) is 4.79 Å². The number of benzene rings is 1. The molecule has 0 bridgehead atoms. The summed E-state index contributed by atoms with van der Waals surface area (Å²) in [7, 11) is 1.60.